The van der Waals surface area contributed by atoms with Crippen LogP contribution in [0.2, 0.25) is 0 Å². The third kappa shape index (κ3) is 4.31. The molecule has 2 aliphatic heterocycles. The number of benzene rings is 1. The molecule has 0 radical (unpaired) electrons. The van der Waals surface area contributed by atoms with Gasteiger partial charge in [0.15, 0.2) is 0 Å². The van der Waals surface area contributed by atoms with Gasteiger partial charge in [-0.1, -0.05) is 12.1 Å². The van der Waals surface area contributed by atoms with Crippen LogP contribution in [-0.4, -0.2) is 84.4 Å². The van der Waals surface area contributed by atoms with Crippen LogP contribution in [0.5, 0.6) is 0 Å². The molecule has 1 aromatic carbocycles. The van der Waals surface area contributed by atoms with Crippen LogP contribution < -0.4 is 9.80 Å². The molecule has 0 spiro atoms. The molecule has 2 aliphatic rings. The van der Waals surface area contributed by atoms with E-state index in [2.05, 4.69) is 51.0 Å². The molecule has 3 heterocycles. The van der Waals surface area contributed by atoms with Crippen LogP contribution in [0, 0.1) is 6.92 Å². The van der Waals surface area contributed by atoms with E-state index < -0.39 is 0 Å². The first-order chi connectivity index (χ1) is 14.1. The fourth-order valence-electron chi connectivity index (χ4n) is 3.80. The molecule has 2 amide bonds. The van der Waals surface area contributed by atoms with E-state index in [1.165, 1.54) is 11.3 Å². The molecule has 2 fully saturated rings. The maximum Gasteiger partial charge on any atom is 0.272 e. The Morgan fingerprint density at radius 1 is 0.966 bits per heavy atom. The van der Waals surface area contributed by atoms with E-state index in [0.29, 0.717) is 37.8 Å². The highest BCUT2D eigenvalue weighted by Crippen LogP contribution is 2.20. The minimum Gasteiger partial charge on any atom is -0.368 e. The quantitative estimate of drug-likeness (QED) is 0.721. The Labute approximate surface area is 170 Å². The molecule has 0 saturated carbocycles. The largest absolute Gasteiger partial charge is 0.368 e. The van der Waals surface area contributed by atoms with Gasteiger partial charge in [0.25, 0.3) is 5.91 Å². The lowest BCUT2D eigenvalue weighted by Gasteiger charge is -2.36. The molecule has 2 saturated heterocycles. The van der Waals surface area contributed by atoms with E-state index in [-0.39, 0.29) is 5.91 Å². The lowest BCUT2D eigenvalue weighted by atomic mass is 10.2. The molecule has 29 heavy (non-hydrogen) atoms. The highest BCUT2D eigenvalue weighted by molar-refractivity contribution is 5.92. The second kappa shape index (κ2) is 8.46. The molecule has 0 bridgehead atoms. The minimum atomic E-state index is -0.0994. The van der Waals surface area contributed by atoms with E-state index in [1.54, 1.807) is 22.1 Å². The van der Waals surface area contributed by atoms with Crippen molar-refractivity contribution in [3.05, 3.63) is 47.8 Å². The van der Waals surface area contributed by atoms with E-state index >= 15 is 0 Å². The van der Waals surface area contributed by atoms with Crippen molar-refractivity contribution in [3.63, 3.8) is 0 Å². The number of piperazine rings is 2. The normalized spacial score (nSPS) is 17.4. The average molecular weight is 394 g/mol. The van der Waals surface area contributed by atoms with Gasteiger partial charge in [0.1, 0.15) is 5.69 Å². The van der Waals surface area contributed by atoms with Gasteiger partial charge in [0, 0.05) is 64.2 Å². The summed E-state index contributed by atoms with van der Waals surface area (Å²) in [7, 11) is 0. The smallest absolute Gasteiger partial charge is 0.272 e. The number of aromatic nitrogens is 2. The summed E-state index contributed by atoms with van der Waals surface area (Å²) in [6, 6.07) is 10.2. The van der Waals surface area contributed by atoms with Crippen molar-refractivity contribution in [1.82, 2.24) is 19.8 Å². The summed E-state index contributed by atoms with van der Waals surface area (Å²) < 4.78 is 0. The lowest BCUT2D eigenvalue weighted by molar-refractivity contribution is -0.119. The Morgan fingerprint density at radius 2 is 1.69 bits per heavy atom. The maximum absolute atomic E-state index is 12.8. The van der Waals surface area contributed by atoms with E-state index in [4.69, 9.17) is 0 Å². The summed E-state index contributed by atoms with van der Waals surface area (Å²) in [6.07, 6.45) is 2.49. The van der Waals surface area contributed by atoms with Crippen molar-refractivity contribution in [3.8, 4) is 0 Å². The molecule has 4 rings (SSSR count). The zero-order chi connectivity index (χ0) is 20.2. The summed E-state index contributed by atoms with van der Waals surface area (Å²) >= 11 is 0. The summed E-state index contributed by atoms with van der Waals surface area (Å²) in [5, 5.41) is 0. The van der Waals surface area contributed by atoms with Crippen LogP contribution >= 0.6 is 0 Å². The Kier molecular flexibility index (Phi) is 5.59. The van der Waals surface area contributed by atoms with Crippen molar-refractivity contribution >= 4 is 24.0 Å². The Hall–Kier alpha value is -3.16. The van der Waals surface area contributed by atoms with Gasteiger partial charge in [-0.15, -0.1) is 0 Å². The fraction of sp³-hybridized carbons (Fsp3) is 0.429. The first kappa shape index (κ1) is 19.2. The van der Waals surface area contributed by atoms with Crippen LogP contribution in [0.4, 0.5) is 11.6 Å². The standard InChI is InChI=1S/C21H26N6O2/c1-17-3-2-4-18(15-17)25-11-13-27(14-12-25)21-22-6-5-19(23-21)20(29)26-9-7-24(16-28)8-10-26/h2-6,15-16H,7-14H2,1H3. The van der Waals surface area contributed by atoms with Gasteiger partial charge >= 0.3 is 0 Å². The molecule has 0 atom stereocenters. The second-order valence-corrected chi connectivity index (χ2v) is 7.49. The first-order valence-electron chi connectivity index (χ1n) is 10.0. The summed E-state index contributed by atoms with van der Waals surface area (Å²) in [5.74, 6) is 0.504. The monoisotopic (exact) mass is 394 g/mol. The zero-order valence-electron chi connectivity index (χ0n) is 16.7. The number of anilines is 2. The number of rotatable bonds is 4. The van der Waals surface area contributed by atoms with Gasteiger partial charge in [-0.25, -0.2) is 9.97 Å². The number of carbonyl (C=O) groups is 2. The first-order valence-corrected chi connectivity index (χ1v) is 10.0. The third-order valence-corrected chi connectivity index (χ3v) is 5.54. The molecule has 152 valence electrons. The van der Waals surface area contributed by atoms with Crippen molar-refractivity contribution in [2.24, 2.45) is 0 Å². The van der Waals surface area contributed by atoms with Gasteiger partial charge in [-0.05, 0) is 30.7 Å². The van der Waals surface area contributed by atoms with E-state index in [0.717, 1.165) is 32.6 Å². The van der Waals surface area contributed by atoms with Crippen molar-refractivity contribution in [2.45, 2.75) is 6.92 Å². The molecular formula is C21H26N6O2. The lowest BCUT2D eigenvalue weighted by Crippen LogP contribution is -2.48. The third-order valence-electron chi connectivity index (χ3n) is 5.54. The molecule has 0 N–H and O–H groups in total. The predicted octanol–water partition coefficient (Wildman–Crippen LogP) is 1.03. The van der Waals surface area contributed by atoms with Crippen molar-refractivity contribution in [1.29, 1.82) is 0 Å². The molecule has 0 aliphatic carbocycles. The Morgan fingerprint density at radius 3 is 2.38 bits per heavy atom. The SMILES string of the molecule is Cc1cccc(N2CCN(c3nccc(C(=O)N4CCN(C=O)CC4)n3)CC2)c1. The van der Waals surface area contributed by atoms with Gasteiger partial charge < -0.3 is 19.6 Å². The second-order valence-electron chi connectivity index (χ2n) is 7.49. The van der Waals surface area contributed by atoms with Crippen LogP contribution in [0.15, 0.2) is 36.5 Å². The van der Waals surface area contributed by atoms with Crippen LogP contribution in [0.25, 0.3) is 0 Å². The summed E-state index contributed by atoms with van der Waals surface area (Å²) in [4.78, 5) is 40.5. The molecule has 8 heteroatoms. The molecule has 1 aromatic heterocycles. The number of hydrogen-bond acceptors (Lipinski definition) is 6. The van der Waals surface area contributed by atoms with Crippen LogP contribution in [0.1, 0.15) is 16.1 Å². The van der Waals surface area contributed by atoms with Gasteiger partial charge in [0.05, 0.1) is 0 Å². The number of nitrogens with zero attached hydrogens (tertiary/aromatic N) is 6. The zero-order valence-corrected chi connectivity index (χ0v) is 16.7. The fourth-order valence-corrected chi connectivity index (χ4v) is 3.80. The van der Waals surface area contributed by atoms with Crippen LogP contribution in [0.3, 0.4) is 0 Å². The molecule has 0 unspecified atom stereocenters. The van der Waals surface area contributed by atoms with Crippen molar-refractivity contribution in [2.75, 3.05) is 62.2 Å². The Balaban J connectivity index is 1.39. The van der Waals surface area contributed by atoms with Crippen LogP contribution in [-0.2, 0) is 4.79 Å². The predicted molar refractivity (Wildman–Crippen MR) is 111 cm³/mol. The highest BCUT2D eigenvalue weighted by Gasteiger charge is 2.24. The Bertz CT molecular complexity index is 873. The number of carbonyl (C=O) groups excluding carboxylic acids is 2. The van der Waals surface area contributed by atoms with E-state index in [9.17, 15) is 9.59 Å². The highest BCUT2D eigenvalue weighted by atomic mass is 16.2. The van der Waals surface area contributed by atoms with Gasteiger partial charge in [-0.3, -0.25) is 9.59 Å². The maximum atomic E-state index is 12.8. The van der Waals surface area contributed by atoms with Gasteiger partial charge in [-0.2, -0.15) is 0 Å². The average Bonchev–Trinajstić information content (AvgIpc) is 2.79. The topological polar surface area (TPSA) is 72.9 Å². The van der Waals surface area contributed by atoms with E-state index in [1.807, 2.05) is 0 Å². The van der Waals surface area contributed by atoms with Crippen molar-refractivity contribution < 1.29 is 9.59 Å². The number of aryl methyl sites for hydroxylation is 1. The minimum absolute atomic E-state index is 0.0994. The summed E-state index contributed by atoms with van der Waals surface area (Å²) in [5.41, 5.74) is 2.91. The molecule has 8 nitrogen and oxygen atoms in total. The number of amides is 2. The number of hydrogen-bond donors (Lipinski definition) is 0. The summed E-state index contributed by atoms with van der Waals surface area (Å²) in [6.45, 7) is 7.69. The molecular weight excluding hydrogens is 368 g/mol. The van der Waals surface area contributed by atoms with Gasteiger partial charge in [0.2, 0.25) is 12.4 Å². The molecule has 2 aromatic rings.